The SMILES string of the molecule is C=CCCCCCC(=O)NCN(CC)CCCCCCCCCO. The Morgan fingerprint density at radius 2 is 1.62 bits per heavy atom. The van der Waals surface area contributed by atoms with Crippen molar-refractivity contribution in [3.05, 3.63) is 12.7 Å². The van der Waals surface area contributed by atoms with Gasteiger partial charge in [0, 0.05) is 13.0 Å². The van der Waals surface area contributed by atoms with Crippen LogP contribution in [-0.4, -0.2) is 42.3 Å². The summed E-state index contributed by atoms with van der Waals surface area (Å²) in [6.45, 7) is 8.91. The molecule has 0 rings (SSSR count). The van der Waals surface area contributed by atoms with Gasteiger partial charge in [-0.3, -0.25) is 9.69 Å². The van der Waals surface area contributed by atoms with Gasteiger partial charge in [0.25, 0.3) is 0 Å². The number of carbonyl (C=O) groups is 1. The standard InChI is InChI=1S/C20H40N2O2/c1-3-5-6-10-13-16-20(24)21-19-22(4-2)17-14-11-8-7-9-12-15-18-23/h3,23H,1,4-19H2,2H3,(H,21,24). The van der Waals surface area contributed by atoms with Crippen LogP contribution < -0.4 is 5.32 Å². The van der Waals surface area contributed by atoms with E-state index < -0.39 is 0 Å². The molecule has 0 aliphatic heterocycles. The molecule has 0 fully saturated rings. The number of nitrogens with one attached hydrogen (secondary N) is 1. The molecule has 2 N–H and O–H groups in total. The zero-order valence-electron chi connectivity index (χ0n) is 15.9. The van der Waals surface area contributed by atoms with Crippen molar-refractivity contribution in [2.24, 2.45) is 0 Å². The molecule has 4 nitrogen and oxygen atoms in total. The lowest BCUT2D eigenvalue weighted by molar-refractivity contribution is -0.121. The van der Waals surface area contributed by atoms with Gasteiger partial charge >= 0.3 is 0 Å². The summed E-state index contributed by atoms with van der Waals surface area (Å²) in [6.07, 6.45) is 15.2. The van der Waals surface area contributed by atoms with Gasteiger partial charge in [0.15, 0.2) is 0 Å². The Morgan fingerprint density at radius 1 is 1.00 bits per heavy atom. The van der Waals surface area contributed by atoms with Crippen LogP contribution in [0.4, 0.5) is 0 Å². The summed E-state index contributed by atoms with van der Waals surface area (Å²) < 4.78 is 0. The third-order valence-corrected chi connectivity index (χ3v) is 4.39. The van der Waals surface area contributed by atoms with Gasteiger partial charge in [-0.15, -0.1) is 6.58 Å². The average Bonchev–Trinajstić information content (AvgIpc) is 2.59. The van der Waals surface area contributed by atoms with E-state index in [0.717, 1.165) is 51.6 Å². The van der Waals surface area contributed by atoms with Crippen molar-refractivity contribution in [3.63, 3.8) is 0 Å². The molecular formula is C20H40N2O2. The molecule has 0 aromatic rings. The van der Waals surface area contributed by atoms with Crippen LogP contribution in [0.1, 0.15) is 84.0 Å². The molecule has 0 saturated carbocycles. The molecule has 0 aromatic heterocycles. The molecule has 4 heteroatoms. The van der Waals surface area contributed by atoms with E-state index in [1.165, 1.54) is 32.1 Å². The van der Waals surface area contributed by atoms with E-state index in [1.54, 1.807) is 0 Å². The predicted octanol–water partition coefficient (Wildman–Crippen LogP) is 4.24. The number of aliphatic hydroxyl groups is 1. The number of rotatable bonds is 18. The van der Waals surface area contributed by atoms with Crippen LogP contribution in [0.15, 0.2) is 12.7 Å². The normalized spacial score (nSPS) is 11.0. The molecule has 142 valence electrons. The van der Waals surface area contributed by atoms with E-state index in [9.17, 15) is 4.79 Å². The summed E-state index contributed by atoms with van der Waals surface area (Å²) in [5.41, 5.74) is 0. The van der Waals surface area contributed by atoms with Crippen molar-refractivity contribution in [2.45, 2.75) is 84.0 Å². The van der Waals surface area contributed by atoms with Crippen LogP contribution in [0.3, 0.4) is 0 Å². The average molecular weight is 341 g/mol. The minimum Gasteiger partial charge on any atom is -0.396 e. The van der Waals surface area contributed by atoms with Crippen molar-refractivity contribution in [2.75, 3.05) is 26.4 Å². The molecular weight excluding hydrogens is 300 g/mol. The topological polar surface area (TPSA) is 52.6 Å². The van der Waals surface area contributed by atoms with E-state index in [2.05, 4.69) is 23.7 Å². The number of allylic oxidation sites excluding steroid dienone is 1. The van der Waals surface area contributed by atoms with Crippen LogP contribution in [0.5, 0.6) is 0 Å². The summed E-state index contributed by atoms with van der Waals surface area (Å²) >= 11 is 0. The Morgan fingerprint density at radius 3 is 2.25 bits per heavy atom. The third kappa shape index (κ3) is 16.0. The molecule has 24 heavy (non-hydrogen) atoms. The molecule has 0 bridgehead atoms. The van der Waals surface area contributed by atoms with Crippen molar-refractivity contribution in [1.82, 2.24) is 10.2 Å². The summed E-state index contributed by atoms with van der Waals surface area (Å²) in [5.74, 6) is 0.177. The molecule has 1 amide bonds. The Kier molecular flexibility index (Phi) is 17.8. The Bertz CT molecular complexity index is 295. The minimum absolute atomic E-state index is 0.177. The highest BCUT2D eigenvalue weighted by molar-refractivity contribution is 5.75. The van der Waals surface area contributed by atoms with Crippen LogP contribution >= 0.6 is 0 Å². The van der Waals surface area contributed by atoms with Crippen LogP contribution in [-0.2, 0) is 4.79 Å². The molecule has 0 spiro atoms. The van der Waals surface area contributed by atoms with Gasteiger partial charge in [0.05, 0.1) is 6.67 Å². The maximum Gasteiger partial charge on any atom is 0.220 e. The third-order valence-electron chi connectivity index (χ3n) is 4.39. The highest BCUT2D eigenvalue weighted by Crippen LogP contribution is 2.07. The summed E-state index contributed by atoms with van der Waals surface area (Å²) in [7, 11) is 0. The van der Waals surface area contributed by atoms with Crippen LogP contribution in [0.25, 0.3) is 0 Å². The number of hydrogen-bond donors (Lipinski definition) is 2. The highest BCUT2D eigenvalue weighted by Gasteiger charge is 2.05. The maximum absolute atomic E-state index is 11.8. The molecule has 0 heterocycles. The van der Waals surface area contributed by atoms with Crippen molar-refractivity contribution < 1.29 is 9.90 Å². The van der Waals surface area contributed by atoms with Gasteiger partial charge in [-0.1, -0.05) is 51.5 Å². The lowest BCUT2D eigenvalue weighted by Gasteiger charge is -2.20. The first kappa shape index (κ1) is 23.1. The van der Waals surface area contributed by atoms with Crippen molar-refractivity contribution >= 4 is 5.91 Å². The van der Waals surface area contributed by atoms with Crippen molar-refractivity contribution in [3.8, 4) is 0 Å². The van der Waals surface area contributed by atoms with Gasteiger partial charge in [0.2, 0.25) is 5.91 Å². The molecule has 0 aliphatic carbocycles. The number of carbonyl (C=O) groups excluding carboxylic acids is 1. The molecule has 0 radical (unpaired) electrons. The first-order valence-electron chi connectivity index (χ1n) is 9.95. The highest BCUT2D eigenvalue weighted by atomic mass is 16.2. The molecule has 0 atom stereocenters. The van der Waals surface area contributed by atoms with Gasteiger partial charge < -0.3 is 10.4 Å². The van der Waals surface area contributed by atoms with E-state index in [4.69, 9.17) is 5.11 Å². The Hall–Kier alpha value is -0.870. The van der Waals surface area contributed by atoms with E-state index in [0.29, 0.717) is 19.7 Å². The fourth-order valence-corrected chi connectivity index (χ4v) is 2.72. The summed E-state index contributed by atoms with van der Waals surface area (Å²) in [4.78, 5) is 14.1. The number of aliphatic hydroxyl groups excluding tert-OH is 1. The van der Waals surface area contributed by atoms with E-state index >= 15 is 0 Å². The smallest absolute Gasteiger partial charge is 0.220 e. The van der Waals surface area contributed by atoms with Gasteiger partial charge in [-0.05, 0) is 45.2 Å². The van der Waals surface area contributed by atoms with Crippen molar-refractivity contribution in [1.29, 1.82) is 0 Å². The molecule has 0 saturated heterocycles. The zero-order chi connectivity index (χ0) is 17.9. The fraction of sp³-hybridized carbons (Fsp3) is 0.850. The van der Waals surface area contributed by atoms with Gasteiger partial charge in [-0.2, -0.15) is 0 Å². The Balaban J connectivity index is 3.51. The number of hydrogen-bond acceptors (Lipinski definition) is 3. The van der Waals surface area contributed by atoms with Crippen LogP contribution in [0.2, 0.25) is 0 Å². The summed E-state index contributed by atoms with van der Waals surface area (Å²) in [5, 5.41) is 11.8. The van der Waals surface area contributed by atoms with E-state index in [-0.39, 0.29) is 5.91 Å². The zero-order valence-corrected chi connectivity index (χ0v) is 15.9. The fourth-order valence-electron chi connectivity index (χ4n) is 2.72. The second-order valence-electron chi connectivity index (χ2n) is 6.56. The quantitative estimate of drug-likeness (QED) is 0.223. The second kappa shape index (κ2) is 18.5. The van der Waals surface area contributed by atoms with E-state index in [1.807, 2.05) is 6.08 Å². The minimum atomic E-state index is 0.177. The molecule has 0 aliphatic rings. The maximum atomic E-state index is 11.8. The monoisotopic (exact) mass is 340 g/mol. The largest absolute Gasteiger partial charge is 0.396 e. The Labute approximate surface area is 149 Å². The van der Waals surface area contributed by atoms with Crippen LogP contribution in [0, 0.1) is 0 Å². The van der Waals surface area contributed by atoms with Gasteiger partial charge in [-0.25, -0.2) is 0 Å². The lowest BCUT2D eigenvalue weighted by atomic mass is 10.1. The summed E-state index contributed by atoms with van der Waals surface area (Å²) in [6, 6.07) is 0. The lowest BCUT2D eigenvalue weighted by Crippen LogP contribution is -2.38. The first-order valence-corrected chi connectivity index (χ1v) is 9.95. The number of nitrogens with zero attached hydrogens (tertiary/aromatic N) is 1. The predicted molar refractivity (Wildman–Crippen MR) is 103 cm³/mol. The second-order valence-corrected chi connectivity index (χ2v) is 6.56. The molecule has 0 unspecified atom stereocenters. The first-order chi connectivity index (χ1) is 11.7. The number of unbranched alkanes of at least 4 members (excludes halogenated alkanes) is 9. The molecule has 0 aromatic carbocycles. The number of amides is 1. The van der Waals surface area contributed by atoms with Gasteiger partial charge in [0.1, 0.15) is 0 Å².